The van der Waals surface area contributed by atoms with Crippen LogP contribution in [0, 0.1) is 6.92 Å². The molecule has 3 nitrogen and oxygen atoms in total. The van der Waals surface area contributed by atoms with Gasteiger partial charge in [-0.1, -0.05) is 6.42 Å². The van der Waals surface area contributed by atoms with Crippen LogP contribution in [0.2, 0.25) is 0 Å². The van der Waals surface area contributed by atoms with Gasteiger partial charge >= 0.3 is 0 Å². The van der Waals surface area contributed by atoms with Crippen LogP contribution < -0.4 is 0 Å². The Morgan fingerprint density at radius 2 is 1.94 bits per heavy atom. The molecule has 0 saturated carbocycles. The Kier molecular flexibility index (Phi) is 2.87. The highest BCUT2D eigenvalue weighted by Gasteiger charge is 2.43. The number of thioether (sulfide) groups is 1. The minimum atomic E-state index is -0.734. The highest BCUT2D eigenvalue weighted by atomic mass is 32.2. The van der Waals surface area contributed by atoms with Gasteiger partial charge in [0, 0.05) is 10.5 Å². The summed E-state index contributed by atoms with van der Waals surface area (Å²) in [5.74, 6) is 0. The van der Waals surface area contributed by atoms with Crippen LogP contribution in [0.25, 0.3) is 0 Å². The molecule has 0 aromatic carbocycles. The summed E-state index contributed by atoms with van der Waals surface area (Å²) in [6.07, 6.45) is 5.47. The van der Waals surface area contributed by atoms with Crippen LogP contribution in [0.5, 0.6) is 0 Å². The highest BCUT2D eigenvalue weighted by molar-refractivity contribution is 8.00. The van der Waals surface area contributed by atoms with Crippen LogP contribution in [0.4, 0.5) is 0 Å². The third kappa shape index (κ3) is 2.20. The third-order valence-corrected chi connectivity index (χ3v) is 5.42. The minimum absolute atomic E-state index is 0.607. The Morgan fingerprint density at radius 3 is 2.53 bits per heavy atom. The van der Waals surface area contributed by atoms with Crippen LogP contribution in [0.1, 0.15) is 43.5 Å². The lowest BCUT2D eigenvalue weighted by Gasteiger charge is -2.43. The second-order valence-electron chi connectivity index (χ2n) is 5.31. The van der Waals surface area contributed by atoms with Crippen molar-refractivity contribution >= 4 is 11.8 Å². The summed E-state index contributed by atoms with van der Waals surface area (Å²) in [5, 5.41) is 20.3. The van der Waals surface area contributed by atoms with E-state index in [9.17, 15) is 5.11 Å². The van der Waals surface area contributed by atoms with Crippen molar-refractivity contribution in [3.8, 4) is 0 Å². The van der Waals surface area contributed by atoms with Gasteiger partial charge in [0.1, 0.15) is 5.60 Å². The van der Waals surface area contributed by atoms with Gasteiger partial charge in [-0.05, 0) is 44.7 Å². The smallest absolute Gasteiger partial charge is 0.110 e. The molecule has 92 valence electrons. The number of nitrogens with zero attached hydrogens (tertiary/aromatic N) is 2. The van der Waals surface area contributed by atoms with Crippen molar-refractivity contribution in [2.24, 2.45) is 0 Å². The molecule has 17 heavy (non-hydrogen) atoms. The summed E-state index contributed by atoms with van der Waals surface area (Å²) in [4.78, 5) is 0. The molecule has 1 N–H and O–H groups in total. The van der Waals surface area contributed by atoms with Gasteiger partial charge in [-0.3, -0.25) is 0 Å². The molecule has 2 bridgehead atoms. The number of aliphatic hydroxyl groups is 1. The summed E-state index contributed by atoms with van der Waals surface area (Å²) < 4.78 is 0. The van der Waals surface area contributed by atoms with E-state index in [1.165, 1.54) is 19.3 Å². The third-order valence-electron chi connectivity index (χ3n) is 3.84. The molecule has 1 aromatic heterocycles. The minimum Gasteiger partial charge on any atom is -0.383 e. The first-order valence-electron chi connectivity index (χ1n) is 6.34. The molecule has 2 atom stereocenters. The number of hydrogen-bond acceptors (Lipinski definition) is 4. The van der Waals surface area contributed by atoms with Gasteiger partial charge in [-0.25, -0.2) is 0 Å². The molecule has 0 amide bonds. The van der Waals surface area contributed by atoms with Gasteiger partial charge < -0.3 is 5.11 Å². The fraction of sp³-hybridized carbons (Fsp3) is 0.692. The van der Waals surface area contributed by atoms with Gasteiger partial charge in [-0.15, -0.1) is 0 Å². The first-order chi connectivity index (χ1) is 8.16. The maximum Gasteiger partial charge on any atom is 0.110 e. The first kappa shape index (κ1) is 11.5. The predicted molar refractivity (Wildman–Crippen MR) is 68.9 cm³/mol. The zero-order valence-corrected chi connectivity index (χ0v) is 10.9. The summed E-state index contributed by atoms with van der Waals surface area (Å²) in [7, 11) is 0. The summed E-state index contributed by atoms with van der Waals surface area (Å²) in [6, 6.07) is 3.88. The molecule has 4 heteroatoms. The number of aryl methyl sites for hydroxylation is 1. The van der Waals surface area contributed by atoms with E-state index in [4.69, 9.17) is 0 Å². The van der Waals surface area contributed by atoms with E-state index >= 15 is 0 Å². The summed E-state index contributed by atoms with van der Waals surface area (Å²) >= 11 is 2.07. The molecule has 2 aliphatic rings. The Hall–Kier alpha value is -0.610. The Labute approximate surface area is 106 Å². The Balaban J connectivity index is 1.87. The van der Waals surface area contributed by atoms with E-state index in [2.05, 4.69) is 22.0 Å². The van der Waals surface area contributed by atoms with Crippen molar-refractivity contribution in [2.75, 3.05) is 0 Å². The van der Waals surface area contributed by atoms with E-state index in [0.29, 0.717) is 10.5 Å². The summed E-state index contributed by atoms with van der Waals surface area (Å²) in [5.41, 5.74) is 0.935. The van der Waals surface area contributed by atoms with E-state index < -0.39 is 5.60 Å². The van der Waals surface area contributed by atoms with Crippen molar-refractivity contribution in [1.82, 2.24) is 10.2 Å². The van der Waals surface area contributed by atoms with Crippen LogP contribution in [0.15, 0.2) is 12.1 Å². The molecular weight excluding hydrogens is 232 g/mol. The molecule has 2 unspecified atom stereocenters. The van der Waals surface area contributed by atoms with Crippen molar-refractivity contribution in [1.29, 1.82) is 0 Å². The van der Waals surface area contributed by atoms with Gasteiger partial charge in [0.2, 0.25) is 0 Å². The normalized spacial score (nSPS) is 36.8. The lowest BCUT2D eigenvalue weighted by molar-refractivity contribution is 0.00320. The molecule has 3 rings (SSSR count). The monoisotopic (exact) mass is 250 g/mol. The number of rotatable bonds is 1. The molecule has 0 aliphatic carbocycles. The quantitative estimate of drug-likeness (QED) is 0.831. The van der Waals surface area contributed by atoms with Crippen LogP contribution >= 0.6 is 11.8 Å². The topological polar surface area (TPSA) is 46.0 Å². The molecular formula is C13H18N2OS. The maximum absolute atomic E-state index is 10.8. The number of fused-ring (bicyclic) bond motifs is 2. The number of aromatic nitrogens is 2. The molecule has 0 radical (unpaired) electrons. The van der Waals surface area contributed by atoms with Crippen LogP contribution in [-0.2, 0) is 5.60 Å². The fourth-order valence-electron chi connectivity index (χ4n) is 2.97. The zero-order chi connectivity index (χ0) is 11.9. The summed E-state index contributed by atoms with van der Waals surface area (Å²) in [6.45, 7) is 1.92. The molecule has 0 spiro atoms. The average Bonchev–Trinajstić information content (AvgIpc) is 2.29. The number of hydrogen-bond donors (Lipinski definition) is 1. The van der Waals surface area contributed by atoms with Crippen molar-refractivity contribution in [3.63, 3.8) is 0 Å². The van der Waals surface area contributed by atoms with E-state index in [1.807, 2.05) is 19.1 Å². The second-order valence-corrected chi connectivity index (χ2v) is 6.92. The van der Waals surface area contributed by atoms with Gasteiger partial charge in [0.05, 0.1) is 11.4 Å². The molecule has 2 aliphatic heterocycles. The van der Waals surface area contributed by atoms with Crippen molar-refractivity contribution < 1.29 is 5.11 Å². The lowest BCUT2D eigenvalue weighted by atomic mass is 9.83. The zero-order valence-electron chi connectivity index (χ0n) is 10.1. The largest absolute Gasteiger partial charge is 0.383 e. The molecule has 1 aromatic rings. The van der Waals surface area contributed by atoms with Gasteiger partial charge in [0.25, 0.3) is 0 Å². The Bertz CT molecular complexity index is 394. The van der Waals surface area contributed by atoms with Crippen molar-refractivity contribution in [3.05, 3.63) is 23.5 Å². The maximum atomic E-state index is 10.8. The van der Waals surface area contributed by atoms with Gasteiger partial charge in [0.15, 0.2) is 0 Å². The SMILES string of the molecule is Cc1ccc(C2(O)CC3CCCC(C2)S3)nn1. The first-order valence-corrected chi connectivity index (χ1v) is 7.29. The Morgan fingerprint density at radius 1 is 1.24 bits per heavy atom. The highest BCUT2D eigenvalue weighted by Crippen LogP contribution is 2.48. The van der Waals surface area contributed by atoms with Crippen LogP contribution in [0.3, 0.4) is 0 Å². The molecule has 2 fully saturated rings. The van der Waals surface area contributed by atoms with E-state index in [-0.39, 0.29) is 0 Å². The average molecular weight is 250 g/mol. The molecule has 3 heterocycles. The second kappa shape index (κ2) is 4.25. The molecule has 2 saturated heterocycles. The fourth-order valence-corrected chi connectivity index (χ4v) is 4.87. The van der Waals surface area contributed by atoms with E-state index in [0.717, 1.165) is 24.2 Å². The van der Waals surface area contributed by atoms with Crippen LogP contribution in [-0.4, -0.2) is 25.8 Å². The lowest BCUT2D eigenvalue weighted by Crippen LogP contribution is -2.41. The van der Waals surface area contributed by atoms with Crippen molar-refractivity contribution in [2.45, 2.75) is 55.1 Å². The predicted octanol–water partition coefficient (Wildman–Crippen LogP) is 2.42. The van der Waals surface area contributed by atoms with E-state index in [1.54, 1.807) is 0 Å². The standard InChI is InChI=1S/C13H18N2OS/c1-9-5-6-12(15-14-9)13(16)7-10-3-2-4-11(8-13)17-10/h5-6,10-11,16H,2-4,7-8H2,1H3. The van der Waals surface area contributed by atoms with Gasteiger partial charge in [-0.2, -0.15) is 22.0 Å².